The lowest BCUT2D eigenvalue weighted by molar-refractivity contribution is -0.122. The van der Waals surface area contributed by atoms with Gasteiger partial charge in [0.05, 0.1) is 6.54 Å². The lowest BCUT2D eigenvalue weighted by Gasteiger charge is -2.22. The monoisotopic (exact) mass is 328 g/mol. The molecule has 1 saturated heterocycles. The number of hydrogen-bond donors (Lipinski definition) is 1. The molecule has 1 atom stereocenters. The number of likely N-dealkylation sites (tertiary alicyclic amines) is 1. The molecule has 0 bridgehead atoms. The third kappa shape index (κ3) is 4.66. The van der Waals surface area contributed by atoms with E-state index in [2.05, 4.69) is 52.0 Å². The maximum absolute atomic E-state index is 12.2. The highest BCUT2D eigenvalue weighted by molar-refractivity contribution is 7.10. The first-order chi connectivity index (χ1) is 11.3. The molecule has 2 heterocycles. The van der Waals surface area contributed by atoms with Crippen LogP contribution in [0.4, 0.5) is 0 Å². The molecular weight excluding hydrogens is 304 g/mol. The average Bonchev–Trinajstić information content (AvgIpc) is 3.23. The van der Waals surface area contributed by atoms with Crippen molar-refractivity contribution in [3.63, 3.8) is 0 Å². The molecule has 1 aliphatic heterocycles. The molecule has 0 saturated carbocycles. The van der Waals surface area contributed by atoms with Gasteiger partial charge in [-0.3, -0.25) is 9.69 Å². The van der Waals surface area contributed by atoms with Crippen LogP contribution in [0.15, 0.2) is 47.8 Å². The highest BCUT2D eigenvalue weighted by atomic mass is 32.1. The summed E-state index contributed by atoms with van der Waals surface area (Å²) in [5.41, 5.74) is 1.33. The quantitative estimate of drug-likeness (QED) is 0.787. The summed E-state index contributed by atoms with van der Waals surface area (Å²) in [7, 11) is 0. The molecule has 1 aromatic carbocycles. The van der Waals surface area contributed by atoms with E-state index in [1.165, 1.54) is 23.3 Å². The van der Waals surface area contributed by atoms with E-state index in [0.29, 0.717) is 12.6 Å². The Morgan fingerprint density at radius 2 is 2.09 bits per heavy atom. The Morgan fingerprint density at radius 3 is 2.87 bits per heavy atom. The fraction of sp³-hybridized carbons (Fsp3) is 0.421. The predicted molar refractivity (Wildman–Crippen MR) is 95.6 cm³/mol. The van der Waals surface area contributed by atoms with Crippen LogP contribution in [0, 0.1) is 0 Å². The van der Waals surface area contributed by atoms with Crippen molar-refractivity contribution in [2.45, 2.75) is 31.7 Å². The molecule has 2 aromatic rings. The number of nitrogens with zero attached hydrogens (tertiary/aromatic N) is 1. The smallest absolute Gasteiger partial charge is 0.234 e. The van der Waals surface area contributed by atoms with Gasteiger partial charge in [0.1, 0.15) is 0 Å². The first-order valence-corrected chi connectivity index (χ1v) is 9.29. The Morgan fingerprint density at radius 1 is 1.22 bits per heavy atom. The van der Waals surface area contributed by atoms with Gasteiger partial charge in [0, 0.05) is 17.5 Å². The molecule has 1 aromatic heterocycles. The second-order valence-electron chi connectivity index (χ2n) is 6.08. The minimum atomic E-state index is 0.154. The molecule has 3 nitrogen and oxygen atoms in total. The van der Waals surface area contributed by atoms with Crippen molar-refractivity contribution in [3.8, 4) is 0 Å². The third-order valence-corrected chi connectivity index (χ3v) is 5.36. The number of hydrogen-bond acceptors (Lipinski definition) is 3. The summed E-state index contributed by atoms with van der Waals surface area (Å²) in [6.07, 6.45) is 4.36. The minimum absolute atomic E-state index is 0.154. The summed E-state index contributed by atoms with van der Waals surface area (Å²) in [6.45, 7) is 2.30. The first-order valence-electron chi connectivity index (χ1n) is 8.41. The van der Waals surface area contributed by atoms with Gasteiger partial charge in [-0.2, -0.15) is 0 Å². The molecule has 122 valence electrons. The number of carbonyl (C=O) groups is 1. The number of aryl methyl sites for hydroxylation is 1. The number of thiophene rings is 1. The summed E-state index contributed by atoms with van der Waals surface area (Å²) in [6, 6.07) is 15.1. The number of benzene rings is 1. The number of carbonyl (C=O) groups excluding carboxylic acids is 1. The molecule has 1 amide bonds. The Bertz CT molecular complexity index is 597. The zero-order chi connectivity index (χ0) is 15.9. The van der Waals surface area contributed by atoms with E-state index in [9.17, 15) is 4.79 Å². The normalized spacial score (nSPS) is 18.2. The fourth-order valence-corrected chi connectivity index (χ4v) is 4.12. The summed E-state index contributed by atoms with van der Waals surface area (Å²) in [5, 5.41) is 5.19. The highest BCUT2D eigenvalue weighted by Gasteiger charge is 2.27. The topological polar surface area (TPSA) is 32.3 Å². The number of rotatable bonds is 7. The summed E-state index contributed by atoms with van der Waals surface area (Å²) in [5.74, 6) is 0.154. The van der Waals surface area contributed by atoms with Crippen LogP contribution in [0.1, 0.15) is 35.7 Å². The van der Waals surface area contributed by atoms with Crippen LogP contribution in [0.3, 0.4) is 0 Å². The lowest BCUT2D eigenvalue weighted by Crippen LogP contribution is -2.37. The molecule has 0 aliphatic carbocycles. The average molecular weight is 328 g/mol. The molecule has 0 spiro atoms. The van der Waals surface area contributed by atoms with E-state index < -0.39 is 0 Å². The van der Waals surface area contributed by atoms with Crippen LogP contribution in [-0.4, -0.2) is 30.4 Å². The summed E-state index contributed by atoms with van der Waals surface area (Å²) >= 11 is 1.80. The zero-order valence-corrected chi connectivity index (χ0v) is 14.2. The molecule has 4 heteroatoms. The standard InChI is InChI=1S/C19H24N2OS/c22-19(20-12-4-9-16-7-2-1-3-8-16)15-21-13-5-10-17(21)18-11-6-14-23-18/h1-3,6-8,11,14,17H,4-5,9-10,12-13,15H2,(H,20,22)/t17-/m1/s1. The maximum Gasteiger partial charge on any atom is 0.234 e. The van der Waals surface area contributed by atoms with Crippen LogP contribution in [0.2, 0.25) is 0 Å². The van der Waals surface area contributed by atoms with E-state index in [1.54, 1.807) is 11.3 Å². The van der Waals surface area contributed by atoms with Crippen molar-refractivity contribution < 1.29 is 4.79 Å². The SMILES string of the molecule is O=C(CN1CCC[C@@H]1c1cccs1)NCCCc1ccccc1. The number of nitrogens with one attached hydrogen (secondary N) is 1. The van der Waals surface area contributed by atoms with Crippen molar-refractivity contribution in [2.24, 2.45) is 0 Å². The Hall–Kier alpha value is -1.65. The maximum atomic E-state index is 12.2. The van der Waals surface area contributed by atoms with Crippen LogP contribution in [-0.2, 0) is 11.2 Å². The third-order valence-electron chi connectivity index (χ3n) is 4.39. The Kier molecular flexibility index (Phi) is 5.83. The van der Waals surface area contributed by atoms with Crippen LogP contribution < -0.4 is 5.32 Å². The Labute approximate surface area is 142 Å². The second-order valence-corrected chi connectivity index (χ2v) is 7.06. The van der Waals surface area contributed by atoms with Gasteiger partial charge in [-0.1, -0.05) is 36.4 Å². The molecule has 1 fully saturated rings. The molecule has 0 radical (unpaired) electrons. The summed E-state index contributed by atoms with van der Waals surface area (Å²) in [4.78, 5) is 15.9. The van der Waals surface area contributed by atoms with Crippen molar-refractivity contribution >= 4 is 17.2 Å². The summed E-state index contributed by atoms with van der Waals surface area (Å²) < 4.78 is 0. The molecule has 3 rings (SSSR count). The van der Waals surface area contributed by atoms with E-state index in [4.69, 9.17) is 0 Å². The molecule has 23 heavy (non-hydrogen) atoms. The Balaban J connectivity index is 1.39. The van der Waals surface area contributed by atoms with Crippen LogP contribution >= 0.6 is 11.3 Å². The molecule has 0 unspecified atom stereocenters. The van der Waals surface area contributed by atoms with Crippen molar-refractivity contribution in [1.82, 2.24) is 10.2 Å². The van der Waals surface area contributed by atoms with E-state index >= 15 is 0 Å². The van der Waals surface area contributed by atoms with Crippen LogP contribution in [0.25, 0.3) is 0 Å². The van der Waals surface area contributed by atoms with Crippen molar-refractivity contribution in [1.29, 1.82) is 0 Å². The van der Waals surface area contributed by atoms with Gasteiger partial charge in [-0.25, -0.2) is 0 Å². The van der Waals surface area contributed by atoms with Gasteiger partial charge in [0.15, 0.2) is 0 Å². The largest absolute Gasteiger partial charge is 0.355 e. The van der Waals surface area contributed by atoms with E-state index in [0.717, 1.165) is 25.9 Å². The van der Waals surface area contributed by atoms with Gasteiger partial charge >= 0.3 is 0 Å². The molecule has 1 aliphatic rings. The van der Waals surface area contributed by atoms with Gasteiger partial charge in [0.2, 0.25) is 5.91 Å². The van der Waals surface area contributed by atoms with E-state index in [1.807, 2.05) is 6.07 Å². The van der Waals surface area contributed by atoms with Gasteiger partial charge in [-0.05, 0) is 49.2 Å². The highest BCUT2D eigenvalue weighted by Crippen LogP contribution is 2.33. The van der Waals surface area contributed by atoms with Gasteiger partial charge in [0.25, 0.3) is 0 Å². The zero-order valence-electron chi connectivity index (χ0n) is 13.4. The minimum Gasteiger partial charge on any atom is -0.355 e. The van der Waals surface area contributed by atoms with Crippen molar-refractivity contribution in [3.05, 3.63) is 58.3 Å². The molecular formula is C19H24N2OS. The van der Waals surface area contributed by atoms with Crippen molar-refractivity contribution in [2.75, 3.05) is 19.6 Å². The van der Waals surface area contributed by atoms with Crippen LogP contribution in [0.5, 0.6) is 0 Å². The first kappa shape index (κ1) is 16.2. The predicted octanol–water partition coefficient (Wildman–Crippen LogP) is 3.63. The van der Waals surface area contributed by atoms with Gasteiger partial charge in [-0.15, -0.1) is 11.3 Å². The van der Waals surface area contributed by atoms with Gasteiger partial charge < -0.3 is 5.32 Å². The lowest BCUT2D eigenvalue weighted by atomic mass is 10.1. The second kappa shape index (κ2) is 8.27. The number of amides is 1. The fourth-order valence-electron chi connectivity index (χ4n) is 3.22. The van der Waals surface area contributed by atoms with E-state index in [-0.39, 0.29) is 5.91 Å². The molecule has 1 N–H and O–H groups in total.